The number of aliphatic hydroxyl groups is 1. The van der Waals surface area contributed by atoms with Gasteiger partial charge in [0, 0.05) is 11.1 Å². The molecule has 2 aromatic rings. The van der Waals surface area contributed by atoms with Crippen LogP contribution >= 0.6 is 0 Å². The number of rotatable bonds is 5. The molecule has 2 N–H and O–H groups in total. The highest BCUT2D eigenvalue weighted by atomic mass is 19.1. The molecular formula is C22H24FNO. The Bertz CT molecular complexity index is 763. The minimum Gasteiger partial charge on any atom is -0.386 e. The average molecular weight is 337 g/mol. The van der Waals surface area contributed by atoms with Crippen LogP contribution in [0.25, 0.3) is 6.08 Å². The first-order chi connectivity index (χ1) is 12.1. The molecule has 25 heavy (non-hydrogen) atoms. The zero-order valence-corrected chi connectivity index (χ0v) is 14.3. The van der Waals surface area contributed by atoms with Gasteiger partial charge in [-0.2, -0.15) is 0 Å². The van der Waals surface area contributed by atoms with E-state index in [2.05, 4.69) is 29.6 Å². The monoisotopic (exact) mass is 337 g/mol. The van der Waals surface area contributed by atoms with E-state index < -0.39 is 6.10 Å². The Morgan fingerprint density at radius 3 is 2.52 bits per heavy atom. The molecule has 0 spiro atoms. The largest absolute Gasteiger partial charge is 0.386 e. The van der Waals surface area contributed by atoms with Gasteiger partial charge in [0.2, 0.25) is 0 Å². The van der Waals surface area contributed by atoms with Gasteiger partial charge in [-0.1, -0.05) is 54.6 Å². The van der Waals surface area contributed by atoms with Gasteiger partial charge < -0.3 is 10.4 Å². The van der Waals surface area contributed by atoms with Crippen molar-refractivity contribution in [3.05, 3.63) is 77.6 Å². The van der Waals surface area contributed by atoms with E-state index in [1.54, 1.807) is 6.07 Å². The van der Waals surface area contributed by atoms with Gasteiger partial charge in [0.05, 0.1) is 6.10 Å². The zero-order valence-electron chi connectivity index (χ0n) is 14.3. The molecule has 130 valence electrons. The number of hydrogen-bond donors (Lipinski definition) is 2. The predicted octanol–water partition coefficient (Wildman–Crippen LogP) is 4.62. The quantitative estimate of drug-likeness (QED) is 0.834. The molecule has 2 heterocycles. The summed E-state index contributed by atoms with van der Waals surface area (Å²) >= 11 is 0. The first kappa shape index (κ1) is 16.5. The third-order valence-corrected chi connectivity index (χ3v) is 5.92. The van der Waals surface area contributed by atoms with Crippen LogP contribution in [0.15, 0.2) is 60.7 Å². The van der Waals surface area contributed by atoms with E-state index in [9.17, 15) is 9.50 Å². The van der Waals surface area contributed by atoms with Gasteiger partial charge >= 0.3 is 0 Å². The lowest BCUT2D eigenvalue weighted by molar-refractivity contribution is 0.0734. The van der Waals surface area contributed by atoms with Crippen LogP contribution in [0.4, 0.5) is 4.39 Å². The number of fused-ring (bicyclic) bond motifs is 2. The fourth-order valence-electron chi connectivity index (χ4n) is 4.53. The van der Waals surface area contributed by atoms with Gasteiger partial charge in [-0.25, -0.2) is 4.39 Å². The summed E-state index contributed by atoms with van der Waals surface area (Å²) in [4.78, 5) is 0. The van der Waals surface area contributed by atoms with E-state index in [1.165, 1.54) is 17.7 Å². The fraction of sp³-hybridized carbons (Fsp3) is 0.364. The molecule has 0 aromatic heterocycles. The van der Waals surface area contributed by atoms with Crippen LogP contribution in [-0.4, -0.2) is 16.2 Å². The van der Waals surface area contributed by atoms with Crippen molar-refractivity contribution in [3.63, 3.8) is 0 Å². The maximum atomic E-state index is 13.5. The van der Waals surface area contributed by atoms with Crippen LogP contribution in [0.5, 0.6) is 0 Å². The molecule has 0 saturated carbocycles. The summed E-state index contributed by atoms with van der Waals surface area (Å²) in [5.41, 5.74) is 1.64. The normalized spacial score (nSPS) is 29.4. The SMILES string of the molecule is O[C@@H](c1cccc(F)c1)C12CCC(CC=Cc3ccccc3)(CC1)N2. The molecule has 2 saturated heterocycles. The molecule has 2 aliphatic heterocycles. The summed E-state index contributed by atoms with van der Waals surface area (Å²) in [6, 6.07) is 16.7. The van der Waals surface area contributed by atoms with Crippen molar-refractivity contribution < 1.29 is 9.50 Å². The number of benzene rings is 2. The van der Waals surface area contributed by atoms with Gasteiger partial charge in [-0.05, 0) is 55.4 Å². The Morgan fingerprint density at radius 2 is 1.80 bits per heavy atom. The van der Waals surface area contributed by atoms with Crippen molar-refractivity contribution in [1.82, 2.24) is 5.32 Å². The van der Waals surface area contributed by atoms with Crippen LogP contribution in [0.3, 0.4) is 0 Å². The molecule has 0 aliphatic carbocycles. The number of halogens is 1. The molecule has 2 aromatic carbocycles. The van der Waals surface area contributed by atoms with Gasteiger partial charge in [0.25, 0.3) is 0 Å². The summed E-state index contributed by atoms with van der Waals surface area (Å²) in [6.45, 7) is 0. The lowest BCUT2D eigenvalue weighted by Gasteiger charge is -2.32. The van der Waals surface area contributed by atoms with Crippen LogP contribution in [-0.2, 0) is 0 Å². The first-order valence-corrected chi connectivity index (χ1v) is 9.05. The summed E-state index contributed by atoms with van der Waals surface area (Å²) in [7, 11) is 0. The predicted molar refractivity (Wildman–Crippen MR) is 98.5 cm³/mol. The van der Waals surface area contributed by atoms with E-state index in [0.29, 0.717) is 5.56 Å². The second-order valence-electron chi connectivity index (χ2n) is 7.54. The van der Waals surface area contributed by atoms with Crippen LogP contribution in [0.2, 0.25) is 0 Å². The molecule has 2 bridgehead atoms. The molecule has 3 heteroatoms. The molecule has 1 atom stereocenters. The molecule has 2 nitrogen and oxygen atoms in total. The molecule has 0 unspecified atom stereocenters. The fourth-order valence-corrected chi connectivity index (χ4v) is 4.53. The third kappa shape index (κ3) is 3.14. The van der Waals surface area contributed by atoms with Crippen molar-refractivity contribution in [3.8, 4) is 0 Å². The maximum Gasteiger partial charge on any atom is 0.123 e. The Balaban J connectivity index is 1.46. The van der Waals surface area contributed by atoms with Gasteiger partial charge in [0.1, 0.15) is 5.82 Å². The van der Waals surface area contributed by atoms with E-state index in [0.717, 1.165) is 32.1 Å². The second-order valence-corrected chi connectivity index (χ2v) is 7.54. The van der Waals surface area contributed by atoms with Crippen molar-refractivity contribution >= 4 is 6.08 Å². The minimum atomic E-state index is -0.661. The Morgan fingerprint density at radius 1 is 1.04 bits per heavy atom. The van der Waals surface area contributed by atoms with Crippen LogP contribution in [0.1, 0.15) is 49.3 Å². The highest BCUT2D eigenvalue weighted by molar-refractivity contribution is 5.49. The molecule has 2 fully saturated rings. The number of nitrogens with one attached hydrogen (secondary N) is 1. The van der Waals surface area contributed by atoms with Gasteiger partial charge in [-0.15, -0.1) is 0 Å². The number of aliphatic hydroxyl groups excluding tert-OH is 1. The first-order valence-electron chi connectivity index (χ1n) is 9.05. The summed E-state index contributed by atoms with van der Waals surface area (Å²) < 4.78 is 13.5. The smallest absolute Gasteiger partial charge is 0.123 e. The molecular weight excluding hydrogens is 313 g/mol. The van der Waals surface area contributed by atoms with Crippen molar-refractivity contribution in [1.29, 1.82) is 0 Å². The van der Waals surface area contributed by atoms with Crippen LogP contribution in [0, 0.1) is 5.82 Å². The third-order valence-electron chi connectivity index (χ3n) is 5.92. The summed E-state index contributed by atoms with van der Waals surface area (Å²) in [5.74, 6) is -0.291. The minimum absolute atomic E-state index is 0.0690. The maximum absolute atomic E-state index is 13.5. The Hall–Kier alpha value is -1.97. The van der Waals surface area contributed by atoms with Crippen molar-refractivity contribution in [2.45, 2.75) is 49.3 Å². The molecule has 4 rings (SSSR count). The molecule has 0 radical (unpaired) electrons. The zero-order chi connectivity index (χ0) is 17.3. The number of hydrogen-bond acceptors (Lipinski definition) is 2. The lowest BCUT2D eigenvalue weighted by Crippen LogP contribution is -2.46. The summed E-state index contributed by atoms with van der Waals surface area (Å²) in [5, 5.41) is 14.6. The Labute approximate surface area is 148 Å². The van der Waals surface area contributed by atoms with E-state index in [4.69, 9.17) is 0 Å². The van der Waals surface area contributed by atoms with Gasteiger partial charge in [-0.3, -0.25) is 0 Å². The highest BCUT2D eigenvalue weighted by Gasteiger charge is 2.56. The molecule has 0 amide bonds. The average Bonchev–Trinajstić information content (AvgIpc) is 3.19. The van der Waals surface area contributed by atoms with Crippen LogP contribution < -0.4 is 5.32 Å². The summed E-state index contributed by atoms with van der Waals surface area (Å²) in [6.07, 6.45) is 8.67. The van der Waals surface area contributed by atoms with Gasteiger partial charge in [0.15, 0.2) is 0 Å². The standard InChI is InChI=1S/C22H24FNO/c23-19-10-4-9-18(16-19)20(25)22-14-12-21(24-22,13-15-22)11-5-8-17-6-2-1-3-7-17/h1-10,16,20,24-25H,11-15H2/t20-,21?,22?/m0/s1. The van der Waals surface area contributed by atoms with E-state index in [-0.39, 0.29) is 16.9 Å². The topological polar surface area (TPSA) is 32.3 Å². The lowest BCUT2D eigenvalue weighted by atomic mass is 9.76. The van der Waals surface area contributed by atoms with E-state index >= 15 is 0 Å². The second kappa shape index (κ2) is 6.40. The van der Waals surface area contributed by atoms with E-state index in [1.807, 2.05) is 24.3 Å². The Kier molecular flexibility index (Phi) is 4.22. The highest BCUT2D eigenvalue weighted by Crippen LogP contribution is 2.52. The van der Waals surface area contributed by atoms with Crippen molar-refractivity contribution in [2.24, 2.45) is 0 Å². The molecule has 2 aliphatic rings. The van der Waals surface area contributed by atoms with Crippen molar-refractivity contribution in [2.75, 3.05) is 0 Å².